The van der Waals surface area contributed by atoms with Gasteiger partial charge < -0.3 is 5.32 Å². The van der Waals surface area contributed by atoms with Crippen molar-refractivity contribution in [2.45, 2.75) is 19.8 Å². The fourth-order valence-corrected chi connectivity index (χ4v) is 2.39. The van der Waals surface area contributed by atoms with Gasteiger partial charge in [0.05, 0.1) is 6.07 Å². The summed E-state index contributed by atoms with van der Waals surface area (Å²) in [5.41, 5.74) is 3.48. The van der Waals surface area contributed by atoms with Crippen LogP contribution >= 0.6 is 15.9 Å². The van der Waals surface area contributed by atoms with Gasteiger partial charge in [-0.15, -0.1) is 0 Å². The van der Waals surface area contributed by atoms with Crippen LogP contribution in [-0.4, -0.2) is 5.91 Å². The highest BCUT2D eigenvalue weighted by atomic mass is 79.9. The summed E-state index contributed by atoms with van der Waals surface area (Å²) in [5, 5.41) is 12.1. The zero-order valence-electron chi connectivity index (χ0n) is 11.9. The number of rotatable bonds is 3. The number of amides is 1. The second kappa shape index (κ2) is 6.55. The minimum atomic E-state index is -0.810. The summed E-state index contributed by atoms with van der Waals surface area (Å²) in [6, 6.07) is 14.9. The first-order valence-electron chi connectivity index (χ1n) is 6.55. The SMILES string of the molecule is Cc1cc(NC(=O)C(C#N)c2ccccc2)cc(C)c1Br. The van der Waals surface area contributed by atoms with Crippen LogP contribution < -0.4 is 5.32 Å². The predicted molar refractivity (Wildman–Crippen MR) is 87.0 cm³/mol. The van der Waals surface area contributed by atoms with E-state index in [1.165, 1.54) is 0 Å². The molecule has 1 amide bonds. The second-order valence-corrected chi connectivity index (χ2v) is 5.68. The van der Waals surface area contributed by atoms with Crippen molar-refractivity contribution in [1.82, 2.24) is 0 Å². The van der Waals surface area contributed by atoms with Gasteiger partial charge in [-0.3, -0.25) is 4.79 Å². The lowest BCUT2D eigenvalue weighted by atomic mass is 9.99. The fraction of sp³-hybridized carbons (Fsp3) is 0.176. The van der Waals surface area contributed by atoms with Gasteiger partial charge in [-0.2, -0.15) is 5.26 Å². The number of aryl methyl sites for hydroxylation is 2. The van der Waals surface area contributed by atoms with Gasteiger partial charge in [0.15, 0.2) is 5.92 Å². The third-order valence-corrected chi connectivity index (χ3v) is 4.48. The predicted octanol–water partition coefficient (Wildman–Crippen LogP) is 4.31. The van der Waals surface area contributed by atoms with Gasteiger partial charge in [0.2, 0.25) is 5.91 Å². The number of anilines is 1. The molecule has 0 heterocycles. The lowest BCUT2D eigenvalue weighted by Gasteiger charge is -2.12. The van der Waals surface area contributed by atoms with Crippen LogP contribution in [0.4, 0.5) is 5.69 Å². The Balaban J connectivity index is 2.23. The Morgan fingerprint density at radius 3 is 2.29 bits per heavy atom. The lowest BCUT2D eigenvalue weighted by molar-refractivity contribution is -0.116. The molecule has 0 saturated heterocycles. The van der Waals surface area contributed by atoms with Gasteiger partial charge in [0, 0.05) is 10.2 Å². The molecule has 1 atom stereocenters. The molecule has 0 saturated carbocycles. The maximum atomic E-state index is 12.3. The van der Waals surface area contributed by atoms with Gasteiger partial charge in [-0.05, 0) is 42.7 Å². The number of hydrogen-bond acceptors (Lipinski definition) is 2. The number of halogens is 1. The van der Waals surface area contributed by atoms with E-state index in [1.54, 1.807) is 12.1 Å². The van der Waals surface area contributed by atoms with Crippen LogP contribution in [0.3, 0.4) is 0 Å². The maximum Gasteiger partial charge on any atom is 0.246 e. The first-order chi connectivity index (χ1) is 10.0. The first-order valence-corrected chi connectivity index (χ1v) is 7.34. The Kier molecular flexibility index (Phi) is 4.77. The lowest BCUT2D eigenvalue weighted by Crippen LogP contribution is -2.20. The van der Waals surface area contributed by atoms with E-state index >= 15 is 0 Å². The minimum Gasteiger partial charge on any atom is -0.325 e. The Morgan fingerprint density at radius 1 is 1.19 bits per heavy atom. The van der Waals surface area contributed by atoms with Crippen molar-refractivity contribution in [3.63, 3.8) is 0 Å². The molecule has 0 radical (unpaired) electrons. The van der Waals surface area contributed by atoms with E-state index < -0.39 is 5.92 Å². The molecule has 2 aromatic carbocycles. The standard InChI is InChI=1S/C17H15BrN2O/c1-11-8-14(9-12(2)16(11)18)20-17(21)15(10-19)13-6-4-3-5-7-13/h3-9,15H,1-2H3,(H,20,21). The van der Waals surface area contributed by atoms with Crippen molar-refractivity contribution in [2.24, 2.45) is 0 Å². The average molecular weight is 343 g/mol. The summed E-state index contributed by atoms with van der Waals surface area (Å²) in [5.74, 6) is -1.12. The number of carbonyl (C=O) groups is 1. The van der Waals surface area contributed by atoms with Crippen molar-refractivity contribution in [2.75, 3.05) is 5.32 Å². The van der Waals surface area contributed by atoms with Crippen molar-refractivity contribution in [3.8, 4) is 6.07 Å². The van der Waals surface area contributed by atoms with E-state index in [2.05, 4.69) is 27.3 Å². The summed E-state index contributed by atoms with van der Waals surface area (Å²) in [7, 11) is 0. The highest BCUT2D eigenvalue weighted by Crippen LogP contribution is 2.26. The van der Waals surface area contributed by atoms with Gasteiger partial charge >= 0.3 is 0 Å². The summed E-state index contributed by atoms with van der Waals surface area (Å²) in [6.45, 7) is 3.93. The Morgan fingerprint density at radius 2 is 1.76 bits per heavy atom. The maximum absolute atomic E-state index is 12.3. The third-order valence-electron chi connectivity index (χ3n) is 3.23. The molecule has 0 aromatic heterocycles. The number of nitriles is 1. The number of nitrogens with zero attached hydrogens (tertiary/aromatic N) is 1. The highest BCUT2D eigenvalue weighted by Gasteiger charge is 2.20. The van der Waals surface area contributed by atoms with E-state index in [4.69, 9.17) is 0 Å². The molecule has 4 heteroatoms. The number of nitrogens with one attached hydrogen (secondary N) is 1. The van der Waals surface area contributed by atoms with Crippen LogP contribution in [-0.2, 0) is 4.79 Å². The summed E-state index contributed by atoms with van der Waals surface area (Å²) < 4.78 is 1.03. The topological polar surface area (TPSA) is 52.9 Å². The normalized spacial score (nSPS) is 11.5. The fourth-order valence-electron chi connectivity index (χ4n) is 2.16. The average Bonchev–Trinajstić information content (AvgIpc) is 2.46. The summed E-state index contributed by atoms with van der Waals surface area (Å²) in [6.07, 6.45) is 0. The van der Waals surface area contributed by atoms with Crippen molar-refractivity contribution in [1.29, 1.82) is 5.26 Å². The van der Waals surface area contributed by atoms with Crippen LogP contribution in [0.2, 0.25) is 0 Å². The van der Waals surface area contributed by atoms with E-state index in [1.807, 2.05) is 44.2 Å². The molecule has 0 aliphatic heterocycles. The van der Waals surface area contributed by atoms with E-state index in [-0.39, 0.29) is 5.91 Å². The molecule has 0 bridgehead atoms. The van der Waals surface area contributed by atoms with Crippen LogP contribution in [0.15, 0.2) is 46.9 Å². The first kappa shape index (κ1) is 15.3. The molecule has 106 valence electrons. The van der Waals surface area contributed by atoms with Crippen LogP contribution in [0, 0.1) is 25.2 Å². The zero-order valence-corrected chi connectivity index (χ0v) is 13.4. The molecule has 1 unspecified atom stereocenters. The van der Waals surface area contributed by atoms with E-state index in [9.17, 15) is 10.1 Å². The molecule has 0 aliphatic carbocycles. The molecule has 0 spiro atoms. The minimum absolute atomic E-state index is 0.315. The van der Waals surface area contributed by atoms with Gasteiger partial charge in [0.1, 0.15) is 0 Å². The number of hydrogen-bond donors (Lipinski definition) is 1. The zero-order chi connectivity index (χ0) is 15.4. The van der Waals surface area contributed by atoms with Crippen LogP contribution in [0.25, 0.3) is 0 Å². The molecule has 1 N–H and O–H groups in total. The van der Waals surface area contributed by atoms with Crippen molar-refractivity contribution >= 4 is 27.5 Å². The second-order valence-electron chi connectivity index (χ2n) is 4.89. The van der Waals surface area contributed by atoms with Crippen molar-refractivity contribution in [3.05, 3.63) is 63.6 Å². The van der Waals surface area contributed by atoms with E-state index in [0.717, 1.165) is 15.6 Å². The number of carbonyl (C=O) groups excluding carboxylic acids is 1. The van der Waals surface area contributed by atoms with Gasteiger partial charge in [-0.1, -0.05) is 46.3 Å². The molecule has 0 fully saturated rings. The molecule has 3 nitrogen and oxygen atoms in total. The molecular weight excluding hydrogens is 328 g/mol. The largest absolute Gasteiger partial charge is 0.325 e. The Labute approximate surface area is 132 Å². The molecule has 0 aliphatic rings. The van der Waals surface area contributed by atoms with E-state index in [0.29, 0.717) is 11.3 Å². The van der Waals surface area contributed by atoms with Crippen LogP contribution in [0.5, 0.6) is 0 Å². The Hall–Kier alpha value is -2.12. The molecule has 21 heavy (non-hydrogen) atoms. The smallest absolute Gasteiger partial charge is 0.246 e. The van der Waals surface area contributed by atoms with Gasteiger partial charge in [-0.25, -0.2) is 0 Å². The third kappa shape index (κ3) is 3.50. The van der Waals surface area contributed by atoms with Crippen LogP contribution in [0.1, 0.15) is 22.6 Å². The number of benzene rings is 2. The molecule has 2 aromatic rings. The monoisotopic (exact) mass is 342 g/mol. The summed E-state index contributed by atoms with van der Waals surface area (Å²) in [4.78, 5) is 12.3. The summed E-state index contributed by atoms with van der Waals surface area (Å²) >= 11 is 3.49. The molecule has 2 rings (SSSR count). The van der Waals surface area contributed by atoms with Crippen molar-refractivity contribution < 1.29 is 4.79 Å². The van der Waals surface area contributed by atoms with Gasteiger partial charge in [0.25, 0.3) is 0 Å². The molecular formula is C17H15BrN2O. The quantitative estimate of drug-likeness (QED) is 0.903. The highest BCUT2D eigenvalue weighted by molar-refractivity contribution is 9.10. The Bertz CT molecular complexity index is 681.